The Bertz CT molecular complexity index is 580. The topological polar surface area (TPSA) is 60.2 Å². The number of fused-ring (bicyclic) bond motifs is 1. The number of rotatable bonds is 5. The van der Waals surface area contributed by atoms with Gasteiger partial charge in [0.15, 0.2) is 6.61 Å². The molecule has 0 bridgehead atoms. The van der Waals surface area contributed by atoms with Crippen LogP contribution in [0.1, 0.15) is 37.0 Å². The highest BCUT2D eigenvalue weighted by Gasteiger charge is 2.14. The zero-order valence-electron chi connectivity index (χ0n) is 11.7. The molecule has 0 aliphatic carbocycles. The van der Waals surface area contributed by atoms with Crippen LogP contribution in [0, 0.1) is 0 Å². The number of hydrogen-bond acceptors (Lipinski definition) is 5. The van der Waals surface area contributed by atoms with Gasteiger partial charge in [0.1, 0.15) is 5.75 Å². The third kappa shape index (κ3) is 2.76. The van der Waals surface area contributed by atoms with Crippen molar-refractivity contribution in [3.63, 3.8) is 0 Å². The Hall–Kier alpha value is -2.04. The Morgan fingerprint density at radius 1 is 1.40 bits per heavy atom. The molecule has 1 aromatic heterocycles. The average molecular weight is 273 g/mol. The van der Waals surface area contributed by atoms with Crippen molar-refractivity contribution in [2.24, 2.45) is 0 Å². The summed E-state index contributed by atoms with van der Waals surface area (Å²) >= 11 is 0. The van der Waals surface area contributed by atoms with Crippen LogP contribution in [0.25, 0.3) is 0 Å². The van der Waals surface area contributed by atoms with E-state index in [0.29, 0.717) is 18.3 Å². The first-order chi connectivity index (χ1) is 9.86. The number of benzene rings is 1. The smallest absolute Gasteiger partial charge is 0.226 e. The van der Waals surface area contributed by atoms with Gasteiger partial charge in [-0.2, -0.15) is 4.98 Å². The molecule has 0 spiro atoms. The van der Waals surface area contributed by atoms with E-state index in [1.165, 1.54) is 12.0 Å². The number of nitrogens with zero attached hydrogens (tertiary/aromatic N) is 2. The Balaban J connectivity index is 1.68. The summed E-state index contributed by atoms with van der Waals surface area (Å²) in [5.74, 6) is 2.14. The maximum absolute atomic E-state index is 5.83. The summed E-state index contributed by atoms with van der Waals surface area (Å²) in [5, 5.41) is 7.33. The molecule has 0 radical (unpaired) electrons. The third-order valence-corrected chi connectivity index (χ3v) is 3.37. The minimum atomic E-state index is 0.339. The predicted molar refractivity (Wildman–Crippen MR) is 75.9 cm³/mol. The van der Waals surface area contributed by atoms with Crippen LogP contribution < -0.4 is 10.1 Å². The van der Waals surface area contributed by atoms with E-state index in [-0.39, 0.29) is 0 Å². The highest BCUT2D eigenvalue weighted by atomic mass is 16.5. The van der Waals surface area contributed by atoms with Gasteiger partial charge in [-0.05, 0) is 30.9 Å². The monoisotopic (exact) mass is 273 g/mol. The maximum Gasteiger partial charge on any atom is 0.226 e. The molecular weight excluding hydrogens is 254 g/mol. The lowest BCUT2D eigenvalue weighted by Crippen LogP contribution is -2.13. The first kappa shape index (κ1) is 13.0. The van der Waals surface area contributed by atoms with Gasteiger partial charge in [0.05, 0.1) is 5.69 Å². The molecule has 1 aromatic carbocycles. The number of aromatic nitrogens is 2. The molecule has 5 heteroatoms. The van der Waals surface area contributed by atoms with Gasteiger partial charge < -0.3 is 14.6 Å². The summed E-state index contributed by atoms with van der Waals surface area (Å²) in [6.07, 6.45) is 4.08. The Morgan fingerprint density at radius 2 is 2.35 bits per heavy atom. The zero-order chi connectivity index (χ0) is 13.8. The van der Waals surface area contributed by atoms with Crippen LogP contribution >= 0.6 is 0 Å². The van der Waals surface area contributed by atoms with Gasteiger partial charge in [0.25, 0.3) is 0 Å². The van der Waals surface area contributed by atoms with Crippen molar-refractivity contribution in [3.8, 4) is 5.75 Å². The second kappa shape index (κ2) is 5.94. The van der Waals surface area contributed by atoms with E-state index < -0.39 is 0 Å². The molecule has 0 amide bonds. The van der Waals surface area contributed by atoms with Crippen molar-refractivity contribution in [2.75, 3.05) is 11.9 Å². The van der Waals surface area contributed by atoms with E-state index in [4.69, 9.17) is 9.26 Å². The highest BCUT2D eigenvalue weighted by molar-refractivity contribution is 5.63. The fourth-order valence-electron chi connectivity index (χ4n) is 2.40. The van der Waals surface area contributed by atoms with E-state index in [0.717, 1.165) is 37.2 Å². The van der Waals surface area contributed by atoms with Gasteiger partial charge in [0.2, 0.25) is 11.7 Å². The van der Waals surface area contributed by atoms with Gasteiger partial charge in [-0.15, -0.1) is 0 Å². The van der Waals surface area contributed by atoms with Gasteiger partial charge in [-0.1, -0.05) is 24.2 Å². The molecule has 2 aromatic rings. The van der Waals surface area contributed by atoms with Crippen LogP contribution in [0.15, 0.2) is 22.7 Å². The predicted octanol–water partition coefficient (Wildman–Crippen LogP) is 2.96. The molecule has 0 saturated carbocycles. The summed E-state index contributed by atoms with van der Waals surface area (Å²) in [6.45, 7) is 3.42. The molecule has 1 aliphatic heterocycles. The van der Waals surface area contributed by atoms with Crippen molar-refractivity contribution in [1.82, 2.24) is 10.1 Å². The van der Waals surface area contributed by atoms with Crippen molar-refractivity contribution in [3.05, 3.63) is 35.5 Å². The molecule has 1 N–H and O–H groups in total. The van der Waals surface area contributed by atoms with Gasteiger partial charge in [0, 0.05) is 13.0 Å². The van der Waals surface area contributed by atoms with Crippen LogP contribution in [0.4, 0.5) is 5.69 Å². The number of anilines is 1. The maximum atomic E-state index is 5.83. The minimum absolute atomic E-state index is 0.339. The molecular formula is C15H19N3O2. The fourth-order valence-corrected chi connectivity index (χ4v) is 2.40. The van der Waals surface area contributed by atoms with Crippen LogP contribution in [-0.2, 0) is 19.4 Å². The van der Waals surface area contributed by atoms with Crippen molar-refractivity contribution in [2.45, 2.75) is 39.2 Å². The standard InChI is InChI=1S/C15H19N3O2/c1-2-5-14-17-13(18-20-14)10-19-12-8-3-6-11-7-4-9-16-15(11)12/h3,6,8,16H,2,4-5,7,9-10H2,1H3. The molecule has 1 aliphatic rings. The van der Waals surface area contributed by atoms with Crippen LogP contribution in [-0.4, -0.2) is 16.7 Å². The van der Waals surface area contributed by atoms with E-state index in [2.05, 4.69) is 28.4 Å². The third-order valence-electron chi connectivity index (χ3n) is 3.37. The second-order valence-corrected chi connectivity index (χ2v) is 4.96. The van der Waals surface area contributed by atoms with Crippen LogP contribution in [0.5, 0.6) is 5.75 Å². The summed E-state index contributed by atoms with van der Waals surface area (Å²) in [7, 11) is 0. The summed E-state index contributed by atoms with van der Waals surface area (Å²) in [6, 6.07) is 6.14. The van der Waals surface area contributed by atoms with Gasteiger partial charge in [-0.25, -0.2) is 0 Å². The lowest BCUT2D eigenvalue weighted by molar-refractivity contribution is 0.286. The lowest BCUT2D eigenvalue weighted by atomic mass is 10.0. The lowest BCUT2D eigenvalue weighted by Gasteiger charge is -2.20. The molecule has 5 nitrogen and oxygen atoms in total. The first-order valence-electron chi connectivity index (χ1n) is 7.17. The van der Waals surface area contributed by atoms with Crippen LogP contribution in [0.3, 0.4) is 0 Å². The van der Waals surface area contributed by atoms with E-state index in [1.807, 2.05) is 12.1 Å². The van der Waals surface area contributed by atoms with Crippen LogP contribution in [0.2, 0.25) is 0 Å². The molecule has 0 atom stereocenters. The summed E-state index contributed by atoms with van der Waals surface area (Å²) < 4.78 is 11.0. The summed E-state index contributed by atoms with van der Waals surface area (Å²) in [4.78, 5) is 4.30. The number of aryl methyl sites for hydroxylation is 2. The fraction of sp³-hybridized carbons (Fsp3) is 0.467. The molecule has 0 fully saturated rings. The quantitative estimate of drug-likeness (QED) is 0.907. The van der Waals surface area contributed by atoms with Gasteiger partial charge in [-0.3, -0.25) is 0 Å². The van der Waals surface area contributed by atoms with E-state index in [1.54, 1.807) is 0 Å². The Kier molecular flexibility index (Phi) is 3.85. The number of nitrogens with one attached hydrogen (secondary N) is 1. The Labute approximate surface area is 118 Å². The number of para-hydroxylation sites is 1. The van der Waals surface area contributed by atoms with E-state index in [9.17, 15) is 0 Å². The number of hydrogen-bond donors (Lipinski definition) is 1. The molecule has 106 valence electrons. The van der Waals surface area contributed by atoms with Crippen molar-refractivity contribution >= 4 is 5.69 Å². The zero-order valence-corrected chi connectivity index (χ0v) is 11.7. The first-order valence-corrected chi connectivity index (χ1v) is 7.17. The molecule has 0 saturated heterocycles. The molecule has 3 rings (SSSR count). The van der Waals surface area contributed by atoms with E-state index >= 15 is 0 Å². The summed E-state index contributed by atoms with van der Waals surface area (Å²) in [5.41, 5.74) is 2.42. The average Bonchev–Trinajstić information content (AvgIpc) is 2.93. The minimum Gasteiger partial charge on any atom is -0.483 e. The highest BCUT2D eigenvalue weighted by Crippen LogP contribution is 2.32. The second-order valence-electron chi connectivity index (χ2n) is 4.96. The molecule has 20 heavy (non-hydrogen) atoms. The van der Waals surface area contributed by atoms with Crippen molar-refractivity contribution in [1.29, 1.82) is 0 Å². The van der Waals surface area contributed by atoms with Gasteiger partial charge >= 0.3 is 0 Å². The normalized spacial score (nSPS) is 13.7. The molecule has 0 unspecified atom stereocenters. The SMILES string of the molecule is CCCc1nc(COc2cccc3c2NCCC3)no1. The Morgan fingerprint density at radius 3 is 3.25 bits per heavy atom. The number of ether oxygens (including phenoxy) is 1. The molecule has 2 heterocycles. The largest absolute Gasteiger partial charge is 0.483 e. The van der Waals surface area contributed by atoms with Crippen molar-refractivity contribution < 1.29 is 9.26 Å².